The van der Waals surface area contributed by atoms with Gasteiger partial charge in [0.05, 0.1) is 34.4 Å². The van der Waals surface area contributed by atoms with E-state index < -0.39 is 0 Å². The Labute approximate surface area is 98.2 Å². The lowest BCUT2D eigenvalue weighted by molar-refractivity contribution is 0.287. The van der Waals surface area contributed by atoms with E-state index in [0.29, 0.717) is 13.2 Å². The molecule has 0 atom stereocenters. The molecule has 3 heteroatoms. The van der Waals surface area contributed by atoms with Crippen molar-refractivity contribution in [1.29, 1.82) is 0 Å². The highest BCUT2D eigenvalue weighted by atomic mass is 16.5. The van der Waals surface area contributed by atoms with E-state index in [-0.39, 0.29) is 0 Å². The van der Waals surface area contributed by atoms with Crippen LogP contribution in [0.25, 0.3) is 0 Å². The van der Waals surface area contributed by atoms with Crippen LogP contribution in [0.4, 0.5) is 5.69 Å². The van der Waals surface area contributed by atoms with Crippen molar-refractivity contribution in [3.8, 4) is 11.5 Å². The third-order valence-corrected chi connectivity index (χ3v) is 2.30. The van der Waals surface area contributed by atoms with Crippen LogP contribution in [0.15, 0.2) is 18.2 Å². The number of ether oxygens (including phenoxy) is 2. The maximum atomic E-state index is 5.59. The fourth-order valence-electron chi connectivity index (χ4n) is 1.46. The molecule has 0 fully saturated rings. The van der Waals surface area contributed by atoms with Crippen molar-refractivity contribution >= 4 is 5.69 Å². The predicted molar refractivity (Wildman–Crippen MR) is 68.3 cm³/mol. The number of benzene rings is 1. The van der Waals surface area contributed by atoms with Crippen molar-refractivity contribution in [2.45, 2.75) is 13.8 Å². The second kappa shape index (κ2) is 5.21. The van der Waals surface area contributed by atoms with Crippen LogP contribution in [0.2, 0.25) is 0 Å². The number of hydrogen-bond donors (Lipinski definition) is 0. The van der Waals surface area contributed by atoms with Gasteiger partial charge in [0.15, 0.2) is 11.5 Å². The Balaban J connectivity index is 3.06. The Kier molecular flexibility index (Phi) is 4.19. The Morgan fingerprint density at radius 1 is 0.938 bits per heavy atom. The van der Waals surface area contributed by atoms with Gasteiger partial charge in [-0.15, -0.1) is 0 Å². The molecule has 0 amide bonds. The summed E-state index contributed by atoms with van der Waals surface area (Å²) in [6.07, 6.45) is 0. The summed E-state index contributed by atoms with van der Waals surface area (Å²) >= 11 is 0. The first-order valence-electron chi connectivity index (χ1n) is 5.70. The van der Waals surface area contributed by atoms with E-state index in [0.717, 1.165) is 16.0 Å². The minimum atomic E-state index is 0.653. The molecular weight excluding hydrogens is 202 g/mol. The number of nitrogens with zero attached hydrogens (tertiary/aromatic N) is 1. The van der Waals surface area contributed by atoms with Crippen LogP contribution in [0, 0.1) is 0 Å². The average molecular weight is 224 g/mol. The van der Waals surface area contributed by atoms with Gasteiger partial charge >= 0.3 is 0 Å². The summed E-state index contributed by atoms with van der Waals surface area (Å²) in [6.45, 7) is 5.27. The highest BCUT2D eigenvalue weighted by Crippen LogP contribution is 2.32. The quantitative estimate of drug-likeness (QED) is 0.716. The van der Waals surface area contributed by atoms with Gasteiger partial charge in [0.2, 0.25) is 0 Å². The van der Waals surface area contributed by atoms with Crippen molar-refractivity contribution < 1.29 is 9.47 Å². The van der Waals surface area contributed by atoms with Gasteiger partial charge < -0.3 is 9.47 Å². The molecule has 16 heavy (non-hydrogen) atoms. The topological polar surface area (TPSA) is 18.5 Å². The summed E-state index contributed by atoms with van der Waals surface area (Å²) in [6, 6.07) is 6.11. The van der Waals surface area contributed by atoms with E-state index in [1.807, 2.05) is 19.9 Å². The molecule has 0 heterocycles. The Morgan fingerprint density at radius 2 is 1.50 bits per heavy atom. The highest BCUT2D eigenvalue weighted by molar-refractivity contribution is 5.53. The van der Waals surface area contributed by atoms with Gasteiger partial charge in [0.25, 0.3) is 0 Å². The van der Waals surface area contributed by atoms with Gasteiger partial charge in [-0.05, 0) is 19.9 Å². The zero-order chi connectivity index (χ0) is 12.2. The van der Waals surface area contributed by atoms with Crippen molar-refractivity contribution in [1.82, 2.24) is 4.48 Å². The lowest BCUT2D eigenvalue weighted by atomic mass is 10.2. The summed E-state index contributed by atoms with van der Waals surface area (Å²) in [4.78, 5) is 0. The lowest BCUT2D eigenvalue weighted by Gasteiger charge is -2.24. The van der Waals surface area contributed by atoms with Gasteiger partial charge in [-0.25, -0.2) is 0 Å². The second-order valence-corrected chi connectivity index (χ2v) is 4.51. The van der Waals surface area contributed by atoms with Crippen LogP contribution in [-0.4, -0.2) is 34.4 Å². The van der Waals surface area contributed by atoms with Crippen LogP contribution < -0.4 is 14.0 Å². The van der Waals surface area contributed by atoms with Crippen molar-refractivity contribution in [2.75, 3.05) is 34.4 Å². The Morgan fingerprint density at radius 3 is 2.00 bits per heavy atom. The van der Waals surface area contributed by atoms with Gasteiger partial charge in [-0.3, -0.25) is 4.48 Å². The third-order valence-electron chi connectivity index (χ3n) is 2.30. The van der Waals surface area contributed by atoms with E-state index in [9.17, 15) is 0 Å². The first-order chi connectivity index (χ1) is 7.49. The first-order valence-corrected chi connectivity index (χ1v) is 5.70. The van der Waals surface area contributed by atoms with Crippen LogP contribution in [0.3, 0.4) is 0 Å². The molecule has 3 nitrogen and oxygen atoms in total. The standard InChI is InChI=1S/C13H22NO2/c1-6-15-12-9-8-11(14(3,4)5)10-13(12)16-7-2/h8-10H,6-7H2,1-5H3/q+1. The summed E-state index contributed by atoms with van der Waals surface area (Å²) in [7, 11) is 6.39. The molecule has 0 spiro atoms. The fourth-order valence-corrected chi connectivity index (χ4v) is 1.46. The van der Waals surface area contributed by atoms with Crippen molar-refractivity contribution in [3.05, 3.63) is 18.2 Å². The monoisotopic (exact) mass is 224 g/mol. The zero-order valence-electron chi connectivity index (χ0n) is 10.9. The molecule has 0 saturated heterocycles. The molecule has 0 N–H and O–H groups in total. The maximum absolute atomic E-state index is 5.59. The minimum Gasteiger partial charge on any atom is -0.490 e. The van der Waals surface area contributed by atoms with Gasteiger partial charge in [0, 0.05) is 12.1 Å². The van der Waals surface area contributed by atoms with Gasteiger partial charge in [0.1, 0.15) is 5.69 Å². The summed E-state index contributed by atoms with van der Waals surface area (Å²) < 4.78 is 11.9. The molecule has 1 aromatic rings. The molecule has 0 aliphatic heterocycles. The van der Waals surface area contributed by atoms with E-state index in [2.05, 4.69) is 33.3 Å². The Hall–Kier alpha value is -1.22. The minimum absolute atomic E-state index is 0.653. The molecule has 1 rings (SSSR count). The molecule has 0 aliphatic rings. The summed E-state index contributed by atoms with van der Waals surface area (Å²) in [5, 5.41) is 0. The van der Waals surface area contributed by atoms with Crippen molar-refractivity contribution in [2.24, 2.45) is 0 Å². The third kappa shape index (κ3) is 3.14. The van der Waals surface area contributed by atoms with E-state index in [4.69, 9.17) is 9.47 Å². The molecular formula is C13H22NO2+. The number of rotatable bonds is 5. The molecule has 90 valence electrons. The lowest BCUT2D eigenvalue weighted by Crippen LogP contribution is -2.34. The summed E-state index contributed by atoms with van der Waals surface area (Å²) in [5.41, 5.74) is 1.20. The molecule has 0 bridgehead atoms. The molecule has 0 unspecified atom stereocenters. The maximum Gasteiger partial charge on any atom is 0.167 e. The van der Waals surface area contributed by atoms with Crippen LogP contribution in [-0.2, 0) is 0 Å². The smallest absolute Gasteiger partial charge is 0.167 e. The second-order valence-electron chi connectivity index (χ2n) is 4.51. The molecule has 0 saturated carbocycles. The molecule has 0 aliphatic carbocycles. The SMILES string of the molecule is CCOc1ccc([N+](C)(C)C)cc1OCC. The summed E-state index contributed by atoms with van der Waals surface area (Å²) in [5.74, 6) is 1.65. The van der Waals surface area contributed by atoms with Crippen LogP contribution >= 0.6 is 0 Å². The molecule has 0 radical (unpaired) electrons. The van der Waals surface area contributed by atoms with Crippen LogP contribution in [0.1, 0.15) is 13.8 Å². The van der Waals surface area contributed by atoms with Crippen molar-refractivity contribution in [3.63, 3.8) is 0 Å². The normalized spacial score (nSPS) is 11.3. The predicted octanol–water partition coefficient (Wildman–Crippen LogP) is 2.68. The average Bonchev–Trinajstić information content (AvgIpc) is 2.19. The van der Waals surface area contributed by atoms with Gasteiger partial charge in [-0.2, -0.15) is 0 Å². The largest absolute Gasteiger partial charge is 0.490 e. The first kappa shape index (κ1) is 12.8. The molecule has 0 aromatic heterocycles. The van der Waals surface area contributed by atoms with Gasteiger partial charge in [-0.1, -0.05) is 0 Å². The number of quaternary nitrogens is 1. The number of hydrogen-bond acceptors (Lipinski definition) is 2. The van der Waals surface area contributed by atoms with E-state index in [1.165, 1.54) is 5.69 Å². The van der Waals surface area contributed by atoms with Crippen LogP contribution in [0.5, 0.6) is 11.5 Å². The van der Waals surface area contributed by atoms with E-state index >= 15 is 0 Å². The Bertz CT molecular complexity index is 342. The fraction of sp³-hybridized carbons (Fsp3) is 0.538. The molecule has 1 aromatic carbocycles. The highest BCUT2D eigenvalue weighted by Gasteiger charge is 2.15. The zero-order valence-corrected chi connectivity index (χ0v) is 10.9. The van der Waals surface area contributed by atoms with E-state index in [1.54, 1.807) is 0 Å².